The minimum absolute atomic E-state index is 0.608. The Kier molecular flexibility index (Phi) is 6.79. The van der Waals surface area contributed by atoms with Crippen LogP contribution in [0.15, 0.2) is 186 Å². The summed E-state index contributed by atoms with van der Waals surface area (Å²) in [7, 11) is 0. The molecule has 0 N–H and O–H groups in total. The van der Waals surface area contributed by atoms with Crippen LogP contribution in [0.2, 0.25) is 0 Å². The smallest absolute Gasteiger partial charge is 0.164 e. The summed E-state index contributed by atoms with van der Waals surface area (Å²) in [5.74, 6) is 1.86. The fraction of sp³-hybridized carbons (Fsp3) is 0. The average Bonchev–Trinajstić information content (AvgIpc) is 3.80. The first-order valence-electron chi connectivity index (χ1n) is 18.1. The summed E-state index contributed by atoms with van der Waals surface area (Å²) in [6.45, 7) is 0. The van der Waals surface area contributed by atoms with E-state index < -0.39 is 0 Å². The fourth-order valence-electron chi connectivity index (χ4n) is 7.96. The van der Waals surface area contributed by atoms with E-state index in [1.54, 1.807) is 0 Å². The molecule has 5 nitrogen and oxygen atoms in total. The first-order valence-corrected chi connectivity index (χ1v) is 18.1. The van der Waals surface area contributed by atoms with E-state index in [0.717, 1.165) is 71.9 Å². The molecule has 0 radical (unpaired) electrons. The topological polar surface area (TPSA) is 56.7 Å². The average molecular weight is 691 g/mol. The van der Waals surface area contributed by atoms with Crippen molar-refractivity contribution in [1.82, 2.24) is 19.5 Å². The fourth-order valence-corrected chi connectivity index (χ4v) is 7.96. The van der Waals surface area contributed by atoms with Gasteiger partial charge in [-0.3, -0.25) is 0 Å². The molecule has 0 saturated heterocycles. The lowest BCUT2D eigenvalue weighted by molar-refractivity contribution is 0.669. The molecule has 0 atom stereocenters. The molecule has 5 heteroatoms. The van der Waals surface area contributed by atoms with Crippen LogP contribution in [0.3, 0.4) is 0 Å². The Hall–Kier alpha value is -7.37. The monoisotopic (exact) mass is 690 g/mol. The largest absolute Gasteiger partial charge is 0.456 e. The van der Waals surface area contributed by atoms with Crippen LogP contribution in [0.25, 0.3) is 105 Å². The number of aromatic nitrogens is 4. The van der Waals surface area contributed by atoms with Gasteiger partial charge in [0.1, 0.15) is 11.2 Å². The van der Waals surface area contributed by atoms with Gasteiger partial charge in [-0.1, -0.05) is 133 Å². The van der Waals surface area contributed by atoms with Crippen molar-refractivity contribution >= 4 is 54.5 Å². The number of para-hydroxylation sites is 2. The van der Waals surface area contributed by atoms with Crippen LogP contribution in [0.4, 0.5) is 0 Å². The minimum atomic E-state index is 0.608. The van der Waals surface area contributed by atoms with E-state index >= 15 is 0 Å². The van der Waals surface area contributed by atoms with Gasteiger partial charge >= 0.3 is 0 Å². The second-order valence-electron chi connectivity index (χ2n) is 13.6. The summed E-state index contributed by atoms with van der Waals surface area (Å²) in [4.78, 5) is 15.3. The van der Waals surface area contributed by atoms with E-state index in [9.17, 15) is 0 Å². The highest BCUT2D eigenvalue weighted by molar-refractivity contribution is 6.21. The van der Waals surface area contributed by atoms with Crippen molar-refractivity contribution < 1.29 is 4.42 Å². The zero-order chi connectivity index (χ0) is 35.6. The summed E-state index contributed by atoms with van der Waals surface area (Å²) in [5, 5.41) is 6.91. The molecule has 3 aromatic heterocycles. The number of furan rings is 1. The molecule has 0 spiro atoms. The quantitative estimate of drug-likeness (QED) is 0.180. The number of benzene rings is 8. The molecule has 0 aliphatic heterocycles. The molecule has 3 heterocycles. The van der Waals surface area contributed by atoms with E-state index in [1.807, 2.05) is 60.7 Å². The van der Waals surface area contributed by atoms with Crippen LogP contribution < -0.4 is 0 Å². The summed E-state index contributed by atoms with van der Waals surface area (Å²) in [6, 6.07) is 63.3. The summed E-state index contributed by atoms with van der Waals surface area (Å²) in [6.07, 6.45) is 0. The summed E-state index contributed by atoms with van der Waals surface area (Å²) >= 11 is 0. The predicted molar refractivity (Wildman–Crippen MR) is 221 cm³/mol. The highest BCUT2D eigenvalue weighted by atomic mass is 16.3. The van der Waals surface area contributed by atoms with Crippen LogP contribution in [-0.4, -0.2) is 19.5 Å². The Morgan fingerprint density at radius 2 is 0.963 bits per heavy atom. The molecular formula is C49H30N4O. The molecule has 54 heavy (non-hydrogen) atoms. The number of hydrogen-bond donors (Lipinski definition) is 0. The Bertz CT molecular complexity index is 3140. The molecule has 11 rings (SSSR count). The SMILES string of the molecule is c1ccc(-c2nc(-c3ccccc3)nc(-c3cc(-c4ccc5oc6ccc7ccccc7c6c5c4)c4c5ccccc5n(-c5ccccc5)c4c3)n2)cc1. The number of rotatable bonds is 5. The Morgan fingerprint density at radius 3 is 1.69 bits per heavy atom. The molecule has 0 aliphatic carbocycles. The van der Waals surface area contributed by atoms with Gasteiger partial charge in [0.05, 0.1) is 11.0 Å². The van der Waals surface area contributed by atoms with Crippen LogP contribution in [0, 0.1) is 0 Å². The third kappa shape index (κ3) is 4.83. The molecule has 0 fully saturated rings. The standard InChI is InChI=1S/C49H30N4O/c1-4-15-32(16-5-1)47-50-48(33-17-6-2-7-18-33)52-49(51-47)35-29-39(45-38-22-12-13-23-41(38)53(42(45)30-35)36-19-8-3-9-20-36)34-25-26-43-40(28-34)46-37-21-11-10-14-31(37)24-27-44(46)54-43/h1-30H. The third-order valence-corrected chi connectivity index (χ3v) is 10.4. The second kappa shape index (κ2) is 12.1. The molecule has 0 saturated carbocycles. The second-order valence-corrected chi connectivity index (χ2v) is 13.6. The molecule has 0 bridgehead atoms. The third-order valence-electron chi connectivity index (χ3n) is 10.4. The highest BCUT2D eigenvalue weighted by Crippen LogP contribution is 2.43. The van der Waals surface area contributed by atoms with Gasteiger partial charge in [-0.05, 0) is 70.4 Å². The van der Waals surface area contributed by atoms with Crippen molar-refractivity contribution in [1.29, 1.82) is 0 Å². The molecule has 11 aromatic rings. The van der Waals surface area contributed by atoms with E-state index in [-0.39, 0.29) is 0 Å². The van der Waals surface area contributed by atoms with Gasteiger partial charge in [0.25, 0.3) is 0 Å². The van der Waals surface area contributed by atoms with Crippen LogP contribution in [0.5, 0.6) is 0 Å². The van der Waals surface area contributed by atoms with Gasteiger partial charge in [-0.15, -0.1) is 0 Å². The van der Waals surface area contributed by atoms with Crippen molar-refractivity contribution in [2.45, 2.75) is 0 Å². The maximum absolute atomic E-state index is 6.44. The predicted octanol–water partition coefficient (Wildman–Crippen LogP) is 12.7. The van der Waals surface area contributed by atoms with E-state index in [0.29, 0.717) is 17.5 Å². The molecule has 0 amide bonds. The molecule has 0 unspecified atom stereocenters. The molecule has 252 valence electrons. The van der Waals surface area contributed by atoms with Crippen LogP contribution >= 0.6 is 0 Å². The van der Waals surface area contributed by atoms with Gasteiger partial charge in [-0.2, -0.15) is 0 Å². The molecular weight excluding hydrogens is 661 g/mol. The zero-order valence-electron chi connectivity index (χ0n) is 29.0. The lowest BCUT2D eigenvalue weighted by Crippen LogP contribution is -2.01. The number of nitrogens with zero attached hydrogens (tertiary/aromatic N) is 4. The van der Waals surface area contributed by atoms with E-state index in [4.69, 9.17) is 19.4 Å². The number of fused-ring (bicyclic) bond motifs is 8. The van der Waals surface area contributed by atoms with Gasteiger partial charge in [0, 0.05) is 43.9 Å². The zero-order valence-corrected chi connectivity index (χ0v) is 29.0. The van der Waals surface area contributed by atoms with Crippen molar-refractivity contribution in [3.8, 4) is 51.0 Å². The van der Waals surface area contributed by atoms with Crippen molar-refractivity contribution in [3.63, 3.8) is 0 Å². The highest BCUT2D eigenvalue weighted by Gasteiger charge is 2.21. The van der Waals surface area contributed by atoms with Crippen LogP contribution in [0.1, 0.15) is 0 Å². The van der Waals surface area contributed by atoms with Gasteiger partial charge < -0.3 is 8.98 Å². The van der Waals surface area contributed by atoms with Crippen molar-refractivity contribution in [2.75, 3.05) is 0 Å². The Balaban J connectivity index is 1.25. The number of hydrogen-bond acceptors (Lipinski definition) is 4. The first-order chi connectivity index (χ1) is 26.8. The van der Waals surface area contributed by atoms with Crippen LogP contribution in [-0.2, 0) is 0 Å². The van der Waals surface area contributed by atoms with E-state index in [1.165, 1.54) is 16.2 Å². The lowest BCUT2D eigenvalue weighted by Gasteiger charge is -2.13. The van der Waals surface area contributed by atoms with Gasteiger partial charge in [0.15, 0.2) is 17.5 Å². The van der Waals surface area contributed by atoms with Gasteiger partial charge in [0.2, 0.25) is 0 Å². The summed E-state index contributed by atoms with van der Waals surface area (Å²) in [5.41, 5.74) is 9.97. The maximum atomic E-state index is 6.44. The maximum Gasteiger partial charge on any atom is 0.164 e. The molecule has 0 aliphatic rings. The molecule has 8 aromatic carbocycles. The Morgan fingerprint density at radius 1 is 0.370 bits per heavy atom. The summed E-state index contributed by atoms with van der Waals surface area (Å²) < 4.78 is 8.80. The van der Waals surface area contributed by atoms with E-state index in [2.05, 4.69) is 126 Å². The van der Waals surface area contributed by atoms with Crippen molar-refractivity contribution in [2.24, 2.45) is 0 Å². The van der Waals surface area contributed by atoms with Gasteiger partial charge in [-0.25, -0.2) is 15.0 Å². The lowest BCUT2D eigenvalue weighted by atomic mass is 9.95. The minimum Gasteiger partial charge on any atom is -0.456 e. The van der Waals surface area contributed by atoms with Crippen molar-refractivity contribution in [3.05, 3.63) is 182 Å². The first kappa shape index (κ1) is 30.3. The Labute approximate surface area is 310 Å². The normalized spacial score (nSPS) is 11.7.